The van der Waals surface area contributed by atoms with Crippen LogP contribution in [0.15, 0.2) is 0 Å². The molecule has 2 nitrogen and oxygen atoms in total. The van der Waals surface area contributed by atoms with Crippen molar-refractivity contribution in [3.63, 3.8) is 0 Å². The van der Waals surface area contributed by atoms with Gasteiger partial charge in [0.2, 0.25) is 0 Å². The average molecular weight is 152 g/mol. The summed E-state index contributed by atoms with van der Waals surface area (Å²) in [5.74, 6) is 0. The average Bonchev–Trinajstić information content (AvgIpc) is 1.93. The molecule has 0 N–H and O–H groups in total. The van der Waals surface area contributed by atoms with E-state index >= 15 is 0 Å². The largest absolute Gasteiger partial charge is 0.350 e. The summed E-state index contributed by atoms with van der Waals surface area (Å²) in [4.78, 5) is 4.19. The number of nitrogens with zero attached hydrogens (tertiary/aromatic N) is 2. The summed E-state index contributed by atoms with van der Waals surface area (Å²) in [7, 11) is 10.0. The van der Waals surface area contributed by atoms with Crippen LogP contribution >= 0.6 is 0 Å². The molecule has 1 atom stereocenters. The van der Waals surface area contributed by atoms with Crippen molar-refractivity contribution in [1.82, 2.24) is 9.71 Å². The lowest BCUT2D eigenvalue weighted by Gasteiger charge is -2.34. The highest BCUT2D eigenvalue weighted by atomic mass is 15.1. The summed E-state index contributed by atoms with van der Waals surface area (Å²) in [6.45, 7) is 2.16. The lowest BCUT2D eigenvalue weighted by atomic mass is 9.98. The second-order valence-electron chi connectivity index (χ2n) is 3.65. The van der Waals surface area contributed by atoms with Crippen molar-refractivity contribution >= 4 is 7.98 Å². The summed E-state index contributed by atoms with van der Waals surface area (Å²) >= 11 is 0. The van der Waals surface area contributed by atoms with E-state index in [4.69, 9.17) is 7.98 Å². The lowest BCUT2D eigenvalue weighted by Crippen LogP contribution is -2.43. The summed E-state index contributed by atoms with van der Waals surface area (Å²) in [5, 5.41) is 0. The van der Waals surface area contributed by atoms with Gasteiger partial charge in [0.05, 0.1) is 0 Å². The zero-order chi connectivity index (χ0) is 8.27. The first-order valence-electron chi connectivity index (χ1n) is 4.36. The van der Waals surface area contributed by atoms with Crippen molar-refractivity contribution in [2.45, 2.75) is 25.3 Å². The second-order valence-corrected chi connectivity index (χ2v) is 3.65. The molecule has 2 radical (unpaired) electrons. The van der Waals surface area contributed by atoms with E-state index in [2.05, 4.69) is 19.0 Å². The fourth-order valence-corrected chi connectivity index (χ4v) is 1.64. The van der Waals surface area contributed by atoms with Gasteiger partial charge in [-0.05, 0) is 33.5 Å². The number of rotatable bonds is 2. The van der Waals surface area contributed by atoms with Crippen LogP contribution in [0.4, 0.5) is 0 Å². The highest BCUT2D eigenvalue weighted by Gasteiger charge is 2.18. The minimum Gasteiger partial charge on any atom is -0.350 e. The molecule has 1 aliphatic rings. The van der Waals surface area contributed by atoms with Gasteiger partial charge in [0.25, 0.3) is 0 Å². The Bertz CT molecular complexity index is 117. The predicted octanol–water partition coefficient (Wildman–Crippen LogP) is 0.486. The minimum atomic E-state index is 0.582. The smallest absolute Gasteiger partial charge is 0.182 e. The van der Waals surface area contributed by atoms with E-state index < -0.39 is 0 Å². The van der Waals surface area contributed by atoms with Gasteiger partial charge < -0.3 is 9.71 Å². The van der Waals surface area contributed by atoms with Gasteiger partial charge in [-0.25, -0.2) is 0 Å². The van der Waals surface area contributed by atoms with Crippen LogP contribution in [-0.2, 0) is 0 Å². The monoisotopic (exact) mass is 152 g/mol. The molecule has 0 aromatic heterocycles. The Morgan fingerprint density at radius 3 is 2.73 bits per heavy atom. The number of likely N-dealkylation sites (N-methyl/N-ethyl adjacent to an activating group) is 1. The van der Waals surface area contributed by atoms with E-state index in [9.17, 15) is 0 Å². The second kappa shape index (κ2) is 4.12. The van der Waals surface area contributed by atoms with Crippen LogP contribution < -0.4 is 0 Å². The van der Waals surface area contributed by atoms with E-state index in [1.54, 1.807) is 0 Å². The molecule has 0 aromatic carbocycles. The van der Waals surface area contributed by atoms with E-state index in [-0.39, 0.29) is 0 Å². The molecule has 0 bridgehead atoms. The first-order valence-corrected chi connectivity index (χ1v) is 4.36. The van der Waals surface area contributed by atoms with Crippen molar-refractivity contribution < 1.29 is 0 Å². The van der Waals surface area contributed by atoms with Crippen molar-refractivity contribution in [3.8, 4) is 0 Å². The molecule has 0 amide bonds. The normalized spacial score (nSPS) is 27.7. The number of hydrogen-bond donors (Lipinski definition) is 0. The summed E-state index contributed by atoms with van der Waals surface area (Å²) in [6, 6.07) is 0.582. The topological polar surface area (TPSA) is 6.48 Å². The van der Waals surface area contributed by atoms with Crippen LogP contribution in [0.5, 0.6) is 0 Å². The Morgan fingerprint density at radius 1 is 1.45 bits per heavy atom. The van der Waals surface area contributed by atoms with Crippen molar-refractivity contribution in [3.05, 3.63) is 0 Å². The van der Waals surface area contributed by atoms with Gasteiger partial charge in [-0.2, -0.15) is 0 Å². The Hall–Kier alpha value is -0.0151. The molecule has 62 valence electrons. The Labute approximate surface area is 71.0 Å². The molecular formula is C8H17BN2. The molecule has 0 saturated carbocycles. The maximum absolute atomic E-state index is 5.83. The fraction of sp³-hybridized carbons (Fsp3) is 1.00. The minimum absolute atomic E-state index is 0.582. The lowest BCUT2D eigenvalue weighted by molar-refractivity contribution is 0.210. The third-order valence-electron chi connectivity index (χ3n) is 2.25. The molecule has 3 heteroatoms. The summed E-state index contributed by atoms with van der Waals surface area (Å²) in [5.41, 5.74) is 0. The molecule has 1 fully saturated rings. The molecule has 0 spiro atoms. The van der Waals surface area contributed by atoms with Crippen molar-refractivity contribution in [2.24, 2.45) is 0 Å². The van der Waals surface area contributed by atoms with Crippen LogP contribution in [-0.4, -0.2) is 50.9 Å². The molecule has 0 aliphatic carbocycles. The fourth-order valence-electron chi connectivity index (χ4n) is 1.64. The first kappa shape index (κ1) is 9.08. The molecule has 1 heterocycles. The summed E-state index contributed by atoms with van der Waals surface area (Å²) < 4.78 is 0. The van der Waals surface area contributed by atoms with E-state index in [1.165, 1.54) is 19.3 Å². The van der Waals surface area contributed by atoms with Crippen LogP contribution in [0, 0.1) is 0 Å². The maximum atomic E-state index is 5.83. The number of piperidine rings is 1. The van der Waals surface area contributed by atoms with E-state index in [1.807, 2.05) is 4.81 Å². The van der Waals surface area contributed by atoms with Crippen LogP contribution in [0.3, 0.4) is 0 Å². The van der Waals surface area contributed by atoms with Crippen LogP contribution in [0.25, 0.3) is 0 Å². The van der Waals surface area contributed by atoms with Gasteiger partial charge in [0, 0.05) is 12.6 Å². The van der Waals surface area contributed by atoms with Gasteiger partial charge in [-0.3, -0.25) is 0 Å². The molecule has 1 rings (SSSR count). The highest BCUT2D eigenvalue weighted by Crippen LogP contribution is 2.14. The standard InChI is InChI=1S/C8H17BN2/c1-10(2)7-8-5-3-4-6-11(8)9/h8H,3-7H2,1-2H3. The Balaban J connectivity index is 2.29. The molecule has 1 aliphatic heterocycles. The van der Waals surface area contributed by atoms with Crippen LogP contribution in [0.1, 0.15) is 19.3 Å². The van der Waals surface area contributed by atoms with Gasteiger partial charge >= 0.3 is 0 Å². The maximum Gasteiger partial charge on any atom is 0.182 e. The molecule has 11 heavy (non-hydrogen) atoms. The third kappa shape index (κ3) is 2.84. The first-order chi connectivity index (χ1) is 5.20. The third-order valence-corrected chi connectivity index (χ3v) is 2.25. The predicted molar refractivity (Wildman–Crippen MR) is 48.7 cm³/mol. The van der Waals surface area contributed by atoms with Gasteiger partial charge in [0.15, 0.2) is 7.98 Å². The Morgan fingerprint density at radius 2 is 2.18 bits per heavy atom. The summed E-state index contributed by atoms with van der Waals surface area (Å²) in [6.07, 6.45) is 3.86. The SMILES string of the molecule is [B]N1CCCCC1CN(C)C. The molecule has 0 aromatic rings. The van der Waals surface area contributed by atoms with Gasteiger partial charge in [0.1, 0.15) is 0 Å². The van der Waals surface area contributed by atoms with Crippen molar-refractivity contribution in [2.75, 3.05) is 27.2 Å². The number of hydrogen-bond acceptors (Lipinski definition) is 2. The molecular weight excluding hydrogens is 135 g/mol. The van der Waals surface area contributed by atoms with Crippen LogP contribution in [0.2, 0.25) is 0 Å². The van der Waals surface area contributed by atoms with E-state index in [0.29, 0.717) is 6.04 Å². The highest BCUT2D eigenvalue weighted by molar-refractivity contribution is 6.04. The zero-order valence-corrected chi connectivity index (χ0v) is 7.58. The van der Waals surface area contributed by atoms with Gasteiger partial charge in [-0.1, -0.05) is 6.42 Å². The van der Waals surface area contributed by atoms with Gasteiger partial charge in [-0.15, -0.1) is 0 Å². The van der Waals surface area contributed by atoms with E-state index in [0.717, 1.165) is 13.1 Å². The quantitative estimate of drug-likeness (QED) is 0.531. The molecule has 1 saturated heterocycles. The Kier molecular flexibility index (Phi) is 3.40. The van der Waals surface area contributed by atoms with Crippen molar-refractivity contribution in [1.29, 1.82) is 0 Å². The molecule has 1 unspecified atom stereocenters. The zero-order valence-electron chi connectivity index (χ0n) is 7.58.